The fraction of sp³-hybridized carbons (Fsp3) is 0.737. The molecule has 0 aliphatic carbocycles. The van der Waals surface area contributed by atoms with E-state index in [0.717, 1.165) is 5.06 Å². The molecule has 2 saturated heterocycles. The van der Waals surface area contributed by atoms with Gasteiger partial charge in [0.05, 0.1) is 18.1 Å². The number of carbonyl (C=O) groups is 3. The van der Waals surface area contributed by atoms with Crippen LogP contribution in [0, 0.1) is 11.8 Å². The fourth-order valence-electron chi connectivity index (χ4n) is 4.65. The van der Waals surface area contributed by atoms with Gasteiger partial charge in [0.1, 0.15) is 10.9 Å². The summed E-state index contributed by atoms with van der Waals surface area (Å²) >= 11 is 2.82. The number of carboxylic acid groups (broad SMARTS) is 1. The summed E-state index contributed by atoms with van der Waals surface area (Å²) in [6.45, 7) is 5.96. The Balaban J connectivity index is 1.74. The predicted octanol–water partition coefficient (Wildman–Crippen LogP) is 0.573. The van der Waals surface area contributed by atoms with Crippen molar-refractivity contribution in [1.82, 2.24) is 15.3 Å². The molecule has 7 atom stereocenters. The van der Waals surface area contributed by atoms with Gasteiger partial charge in [-0.3, -0.25) is 14.8 Å². The molecule has 2 fully saturated rings. The zero-order valence-electron chi connectivity index (χ0n) is 17.4. The summed E-state index contributed by atoms with van der Waals surface area (Å²) in [5, 5.41) is 33.1. The first-order chi connectivity index (χ1) is 14.1. The van der Waals surface area contributed by atoms with E-state index in [1.807, 2.05) is 13.2 Å². The van der Waals surface area contributed by atoms with Crippen LogP contribution in [0.15, 0.2) is 10.6 Å². The van der Waals surface area contributed by atoms with Crippen molar-refractivity contribution in [2.75, 3.05) is 19.3 Å². The van der Waals surface area contributed by atoms with Crippen molar-refractivity contribution in [1.29, 1.82) is 0 Å². The van der Waals surface area contributed by atoms with Gasteiger partial charge in [-0.15, -0.1) is 11.8 Å². The van der Waals surface area contributed by atoms with Crippen LogP contribution in [-0.2, 0) is 14.4 Å². The first kappa shape index (κ1) is 23.4. The van der Waals surface area contributed by atoms with Gasteiger partial charge >= 0.3 is 5.97 Å². The summed E-state index contributed by atoms with van der Waals surface area (Å²) in [7, 11) is 0. The summed E-state index contributed by atoms with van der Waals surface area (Å²) in [5.41, 5.74) is 0.0212. The average Bonchev–Trinajstić information content (AvgIpc) is 3.23. The molecular formula is C19H29N3O6S2. The number of hydrogen-bond donors (Lipinski definition) is 4. The normalized spacial score (nSPS) is 32.7. The highest BCUT2D eigenvalue weighted by Crippen LogP contribution is 2.52. The molecule has 0 spiro atoms. The van der Waals surface area contributed by atoms with Gasteiger partial charge in [0.25, 0.3) is 5.91 Å². The van der Waals surface area contributed by atoms with Crippen LogP contribution in [0.4, 0.5) is 0 Å². The van der Waals surface area contributed by atoms with E-state index in [2.05, 4.69) is 5.32 Å². The SMILES string of the molecule is CCN(O)C(=O)C(SC)[C@@H]1C[C@H](SC2=C(C(=O)O)N3C(=O)[C@H]([C@@H](C)O)[C@H]3[C@H]2C)CN1. The highest BCUT2D eigenvalue weighted by molar-refractivity contribution is 8.03. The third kappa shape index (κ3) is 3.86. The first-order valence-electron chi connectivity index (χ1n) is 10.1. The Morgan fingerprint density at radius 3 is 2.60 bits per heavy atom. The Bertz CT molecular complexity index is 761. The molecule has 0 aromatic carbocycles. The number of carbonyl (C=O) groups excluding carboxylic acids is 2. The van der Waals surface area contributed by atoms with Crippen LogP contribution >= 0.6 is 23.5 Å². The molecule has 0 radical (unpaired) electrons. The Hall–Kier alpha value is -1.27. The molecule has 0 aromatic rings. The maximum absolute atomic E-state index is 12.5. The molecule has 168 valence electrons. The molecule has 4 N–H and O–H groups in total. The van der Waals surface area contributed by atoms with E-state index in [4.69, 9.17) is 0 Å². The molecule has 2 amide bonds. The van der Waals surface area contributed by atoms with Gasteiger partial charge in [0.2, 0.25) is 5.91 Å². The molecular weight excluding hydrogens is 430 g/mol. The summed E-state index contributed by atoms with van der Waals surface area (Å²) in [6, 6.07) is -0.468. The van der Waals surface area contributed by atoms with Crippen molar-refractivity contribution in [2.45, 2.75) is 55.9 Å². The van der Waals surface area contributed by atoms with Gasteiger partial charge in [0, 0.05) is 35.2 Å². The highest BCUT2D eigenvalue weighted by Gasteiger charge is 2.60. The molecule has 11 heteroatoms. The maximum atomic E-state index is 12.5. The van der Waals surface area contributed by atoms with Gasteiger partial charge in [-0.2, -0.15) is 11.8 Å². The second-order valence-electron chi connectivity index (χ2n) is 7.97. The quantitative estimate of drug-likeness (QED) is 0.234. The molecule has 3 heterocycles. The topological polar surface area (TPSA) is 130 Å². The zero-order chi connectivity index (χ0) is 22.3. The molecule has 9 nitrogen and oxygen atoms in total. The largest absolute Gasteiger partial charge is 0.477 e. The molecule has 3 aliphatic rings. The number of β-lactam (4-membered cyclic amide) rings is 1. The zero-order valence-corrected chi connectivity index (χ0v) is 19.1. The van der Waals surface area contributed by atoms with Crippen molar-refractivity contribution < 1.29 is 29.8 Å². The molecule has 3 aliphatic heterocycles. The minimum absolute atomic E-state index is 0.0212. The maximum Gasteiger partial charge on any atom is 0.353 e. The van der Waals surface area contributed by atoms with Crippen molar-refractivity contribution in [2.24, 2.45) is 11.8 Å². The molecule has 30 heavy (non-hydrogen) atoms. The van der Waals surface area contributed by atoms with E-state index in [9.17, 15) is 29.8 Å². The Labute approximate surface area is 184 Å². The van der Waals surface area contributed by atoms with Crippen molar-refractivity contribution in [3.63, 3.8) is 0 Å². The molecule has 1 unspecified atom stereocenters. The lowest BCUT2D eigenvalue weighted by atomic mass is 9.79. The summed E-state index contributed by atoms with van der Waals surface area (Å²) in [5.74, 6) is -2.58. The van der Waals surface area contributed by atoms with Gasteiger partial charge in [-0.05, 0) is 26.5 Å². The van der Waals surface area contributed by atoms with Gasteiger partial charge in [-0.1, -0.05) is 6.92 Å². The number of hydrogen-bond acceptors (Lipinski definition) is 8. The van der Waals surface area contributed by atoms with Gasteiger partial charge in [0.15, 0.2) is 0 Å². The van der Waals surface area contributed by atoms with Crippen molar-refractivity contribution in [3.8, 4) is 0 Å². The highest BCUT2D eigenvalue weighted by atomic mass is 32.2. The lowest BCUT2D eigenvalue weighted by molar-refractivity contribution is -0.164. The number of aliphatic hydroxyl groups is 1. The lowest BCUT2D eigenvalue weighted by Gasteiger charge is -2.46. The monoisotopic (exact) mass is 459 g/mol. The molecule has 0 aromatic heterocycles. The van der Waals surface area contributed by atoms with Gasteiger partial charge in [-0.25, -0.2) is 9.86 Å². The number of amides is 2. The van der Waals surface area contributed by atoms with E-state index in [1.165, 1.54) is 28.4 Å². The molecule has 3 rings (SSSR count). The van der Waals surface area contributed by atoms with Crippen LogP contribution in [0.3, 0.4) is 0 Å². The summed E-state index contributed by atoms with van der Waals surface area (Å²) in [6.07, 6.45) is 1.64. The summed E-state index contributed by atoms with van der Waals surface area (Å²) < 4.78 is 0. The molecule has 0 bridgehead atoms. The smallest absolute Gasteiger partial charge is 0.353 e. The Kier molecular flexibility index (Phi) is 7.08. The number of aliphatic carboxylic acids is 1. The fourth-order valence-corrected chi connectivity index (χ4v) is 7.00. The Morgan fingerprint density at radius 2 is 2.07 bits per heavy atom. The third-order valence-electron chi connectivity index (χ3n) is 6.15. The van der Waals surface area contributed by atoms with E-state index < -0.39 is 23.2 Å². The number of nitrogens with zero attached hydrogens (tertiary/aromatic N) is 2. The Morgan fingerprint density at radius 1 is 1.40 bits per heavy atom. The standard InChI is InChI=1S/C19H29N3O6S2/c1-5-21(28)18(25)16(29-4)11-6-10(7-20-11)30-15-8(2)13-12(9(3)23)17(24)22(13)14(15)19(26)27/h8-13,16,20,23,28H,5-7H2,1-4H3,(H,26,27)/t8-,9-,10+,11+,12-,13-,16?/m1/s1. The third-order valence-corrected chi connectivity index (χ3v) is 8.70. The number of hydroxylamine groups is 2. The van der Waals surface area contributed by atoms with Crippen molar-refractivity contribution in [3.05, 3.63) is 10.6 Å². The van der Waals surface area contributed by atoms with E-state index in [0.29, 0.717) is 17.9 Å². The van der Waals surface area contributed by atoms with Crippen LogP contribution in [0.25, 0.3) is 0 Å². The predicted molar refractivity (Wildman–Crippen MR) is 114 cm³/mol. The number of rotatable bonds is 8. The number of fused-ring (bicyclic) bond motifs is 1. The van der Waals surface area contributed by atoms with Crippen LogP contribution in [0.1, 0.15) is 27.2 Å². The number of aliphatic hydroxyl groups excluding tert-OH is 1. The van der Waals surface area contributed by atoms with Crippen LogP contribution in [-0.4, -0.2) is 91.2 Å². The first-order valence-corrected chi connectivity index (χ1v) is 12.2. The second kappa shape index (κ2) is 9.07. The summed E-state index contributed by atoms with van der Waals surface area (Å²) in [4.78, 5) is 38.8. The minimum Gasteiger partial charge on any atom is -0.477 e. The van der Waals surface area contributed by atoms with E-state index in [1.54, 1.807) is 13.8 Å². The minimum atomic E-state index is -1.14. The van der Waals surface area contributed by atoms with E-state index >= 15 is 0 Å². The van der Waals surface area contributed by atoms with Crippen LogP contribution in [0.2, 0.25) is 0 Å². The lowest BCUT2D eigenvalue weighted by Crippen LogP contribution is -2.63. The van der Waals surface area contributed by atoms with E-state index in [-0.39, 0.29) is 47.3 Å². The van der Waals surface area contributed by atoms with Crippen LogP contribution in [0.5, 0.6) is 0 Å². The second-order valence-corrected chi connectivity index (χ2v) is 10.3. The van der Waals surface area contributed by atoms with Crippen molar-refractivity contribution >= 4 is 41.3 Å². The van der Waals surface area contributed by atoms with Gasteiger partial charge < -0.3 is 20.4 Å². The number of thioether (sulfide) groups is 2. The molecule has 0 saturated carbocycles. The van der Waals surface area contributed by atoms with Crippen LogP contribution < -0.4 is 5.32 Å². The number of nitrogens with one attached hydrogen (secondary N) is 1. The number of carboxylic acids is 1. The average molecular weight is 460 g/mol.